The Hall–Kier alpha value is -2.17. The first-order chi connectivity index (χ1) is 12.1. The van der Waals surface area contributed by atoms with Gasteiger partial charge in [0.05, 0.1) is 23.2 Å². The topological polar surface area (TPSA) is 41.3 Å². The van der Waals surface area contributed by atoms with Crippen LogP contribution in [0, 0.1) is 6.92 Å². The summed E-state index contributed by atoms with van der Waals surface area (Å²) in [7, 11) is 0. The third-order valence-electron chi connectivity index (χ3n) is 5.33. The first-order valence-corrected chi connectivity index (χ1v) is 9.04. The maximum atomic E-state index is 11.1. The van der Waals surface area contributed by atoms with E-state index in [1.807, 2.05) is 25.1 Å². The zero-order valence-electron chi connectivity index (χ0n) is 14.7. The molecule has 0 amide bonds. The first kappa shape index (κ1) is 16.3. The van der Waals surface area contributed by atoms with Crippen LogP contribution in [0.1, 0.15) is 24.2 Å². The highest BCUT2D eigenvalue weighted by Gasteiger charge is 2.33. The standard InChI is InChI=1S/C21H25N3O/c1-17-22-19-9-5-6-10-20(19)24(17)16-21(25)11-13-23(14-12-21)15-18-7-3-2-4-8-18/h2-10,25H,11-16H2,1H3. The van der Waals surface area contributed by atoms with Gasteiger partial charge in [0.15, 0.2) is 0 Å². The zero-order chi connectivity index (χ0) is 17.3. The summed E-state index contributed by atoms with van der Waals surface area (Å²) in [5, 5.41) is 11.1. The summed E-state index contributed by atoms with van der Waals surface area (Å²) in [6.07, 6.45) is 1.59. The molecule has 1 aliphatic heterocycles. The Kier molecular flexibility index (Phi) is 4.32. The average Bonchev–Trinajstić information content (AvgIpc) is 2.94. The van der Waals surface area contributed by atoms with E-state index in [0.29, 0.717) is 6.54 Å². The quantitative estimate of drug-likeness (QED) is 0.795. The fourth-order valence-corrected chi connectivity index (χ4v) is 3.82. The Bertz CT molecular complexity index is 848. The largest absolute Gasteiger partial charge is 0.388 e. The van der Waals surface area contributed by atoms with Crippen molar-refractivity contribution >= 4 is 11.0 Å². The van der Waals surface area contributed by atoms with Crippen molar-refractivity contribution in [2.45, 2.75) is 38.5 Å². The van der Waals surface area contributed by atoms with Crippen molar-refractivity contribution in [3.05, 3.63) is 66.0 Å². The van der Waals surface area contributed by atoms with Crippen LogP contribution in [-0.4, -0.2) is 38.2 Å². The van der Waals surface area contributed by atoms with Crippen LogP contribution >= 0.6 is 0 Å². The molecule has 3 aromatic rings. The van der Waals surface area contributed by atoms with Crippen LogP contribution in [-0.2, 0) is 13.1 Å². The minimum Gasteiger partial charge on any atom is -0.388 e. The maximum Gasteiger partial charge on any atom is 0.106 e. The maximum absolute atomic E-state index is 11.1. The molecule has 1 saturated heterocycles. The predicted molar refractivity (Wildman–Crippen MR) is 100 cm³/mol. The van der Waals surface area contributed by atoms with E-state index in [-0.39, 0.29) is 0 Å². The lowest BCUT2D eigenvalue weighted by atomic mass is 9.91. The summed E-state index contributed by atoms with van der Waals surface area (Å²) in [4.78, 5) is 7.06. The molecule has 130 valence electrons. The summed E-state index contributed by atoms with van der Waals surface area (Å²) in [6.45, 7) is 5.46. The summed E-state index contributed by atoms with van der Waals surface area (Å²) in [5.74, 6) is 0.973. The van der Waals surface area contributed by atoms with Crippen molar-refractivity contribution in [2.75, 3.05) is 13.1 Å². The third kappa shape index (κ3) is 3.46. The summed E-state index contributed by atoms with van der Waals surface area (Å²) in [5.41, 5.74) is 2.80. The molecule has 0 bridgehead atoms. The molecule has 2 aromatic carbocycles. The normalized spacial score (nSPS) is 17.8. The van der Waals surface area contributed by atoms with E-state index < -0.39 is 5.60 Å². The van der Waals surface area contributed by atoms with Crippen LogP contribution in [0.15, 0.2) is 54.6 Å². The molecule has 2 heterocycles. The van der Waals surface area contributed by atoms with Crippen LogP contribution < -0.4 is 0 Å². The molecule has 4 nitrogen and oxygen atoms in total. The smallest absolute Gasteiger partial charge is 0.106 e. The second-order valence-corrected chi connectivity index (χ2v) is 7.22. The van der Waals surface area contributed by atoms with Crippen molar-refractivity contribution in [1.29, 1.82) is 0 Å². The summed E-state index contributed by atoms with van der Waals surface area (Å²) >= 11 is 0. The molecule has 1 N–H and O–H groups in total. The van der Waals surface area contributed by atoms with Gasteiger partial charge in [0.2, 0.25) is 0 Å². The summed E-state index contributed by atoms with van der Waals surface area (Å²) < 4.78 is 2.17. The SMILES string of the molecule is Cc1nc2ccccc2n1CC1(O)CCN(Cc2ccccc2)CC1. The molecule has 4 heteroatoms. The minimum atomic E-state index is -0.651. The van der Waals surface area contributed by atoms with E-state index in [1.54, 1.807) is 0 Å². The highest BCUT2D eigenvalue weighted by molar-refractivity contribution is 5.75. The molecule has 4 rings (SSSR count). The van der Waals surface area contributed by atoms with Gasteiger partial charge in [-0.2, -0.15) is 0 Å². The van der Waals surface area contributed by atoms with Gasteiger partial charge in [-0.25, -0.2) is 4.98 Å². The Balaban J connectivity index is 1.44. The van der Waals surface area contributed by atoms with E-state index in [9.17, 15) is 5.11 Å². The van der Waals surface area contributed by atoms with E-state index in [0.717, 1.165) is 49.3 Å². The molecular formula is C21H25N3O. The van der Waals surface area contributed by atoms with Crippen molar-refractivity contribution < 1.29 is 5.11 Å². The molecule has 1 aromatic heterocycles. The monoisotopic (exact) mass is 335 g/mol. The van der Waals surface area contributed by atoms with E-state index in [1.165, 1.54) is 5.56 Å². The number of rotatable bonds is 4. The molecule has 25 heavy (non-hydrogen) atoms. The van der Waals surface area contributed by atoms with E-state index in [2.05, 4.69) is 50.8 Å². The highest BCUT2D eigenvalue weighted by Crippen LogP contribution is 2.27. The van der Waals surface area contributed by atoms with Crippen molar-refractivity contribution in [3.8, 4) is 0 Å². The number of para-hydroxylation sites is 2. The number of benzene rings is 2. The van der Waals surface area contributed by atoms with Gasteiger partial charge in [0.25, 0.3) is 0 Å². The van der Waals surface area contributed by atoms with Crippen molar-refractivity contribution in [3.63, 3.8) is 0 Å². The van der Waals surface area contributed by atoms with Gasteiger partial charge >= 0.3 is 0 Å². The molecule has 0 unspecified atom stereocenters. The second-order valence-electron chi connectivity index (χ2n) is 7.22. The molecular weight excluding hydrogens is 310 g/mol. The predicted octanol–water partition coefficient (Wildman–Crippen LogP) is 3.37. The number of aliphatic hydroxyl groups is 1. The van der Waals surface area contributed by atoms with Gasteiger partial charge in [-0.05, 0) is 37.5 Å². The minimum absolute atomic E-state index is 0.624. The Labute approximate surface area is 148 Å². The molecule has 0 spiro atoms. The lowest BCUT2D eigenvalue weighted by Gasteiger charge is -2.38. The van der Waals surface area contributed by atoms with Gasteiger partial charge in [-0.15, -0.1) is 0 Å². The van der Waals surface area contributed by atoms with E-state index >= 15 is 0 Å². The van der Waals surface area contributed by atoms with Crippen LogP contribution in [0.4, 0.5) is 0 Å². The zero-order valence-corrected chi connectivity index (χ0v) is 14.7. The van der Waals surface area contributed by atoms with Crippen molar-refractivity contribution in [2.24, 2.45) is 0 Å². The number of aromatic nitrogens is 2. The molecule has 0 radical (unpaired) electrons. The molecule has 0 saturated carbocycles. The lowest BCUT2D eigenvalue weighted by Crippen LogP contribution is -2.46. The highest BCUT2D eigenvalue weighted by atomic mass is 16.3. The lowest BCUT2D eigenvalue weighted by molar-refractivity contribution is -0.0353. The van der Waals surface area contributed by atoms with Gasteiger partial charge in [0, 0.05) is 19.6 Å². The van der Waals surface area contributed by atoms with Crippen molar-refractivity contribution in [1.82, 2.24) is 14.5 Å². The molecule has 1 fully saturated rings. The van der Waals surface area contributed by atoms with Crippen LogP contribution in [0.3, 0.4) is 0 Å². The van der Waals surface area contributed by atoms with Crippen LogP contribution in [0.25, 0.3) is 11.0 Å². The molecule has 0 atom stereocenters. The number of hydrogen-bond acceptors (Lipinski definition) is 3. The Morgan fingerprint density at radius 1 is 1.00 bits per heavy atom. The number of aryl methyl sites for hydroxylation is 1. The fraction of sp³-hybridized carbons (Fsp3) is 0.381. The third-order valence-corrected chi connectivity index (χ3v) is 5.33. The number of fused-ring (bicyclic) bond motifs is 1. The Morgan fingerprint density at radius 2 is 1.68 bits per heavy atom. The van der Waals surface area contributed by atoms with Gasteiger partial charge in [-0.1, -0.05) is 42.5 Å². The molecule has 0 aliphatic carbocycles. The fourth-order valence-electron chi connectivity index (χ4n) is 3.82. The number of piperidine rings is 1. The number of nitrogens with zero attached hydrogens (tertiary/aromatic N) is 3. The first-order valence-electron chi connectivity index (χ1n) is 9.04. The number of hydrogen-bond donors (Lipinski definition) is 1. The average molecular weight is 335 g/mol. The Morgan fingerprint density at radius 3 is 2.44 bits per heavy atom. The molecule has 1 aliphatic rings. The van der Waals surface area contributed by atoms with Gasteiger partial charge in [-0.3, -0.25) is 4.90 Å². The summed E-state index contributed by atoms with van der Waals surface area (Å²) in [6, 6.07) is 18.7. The number of likely N-dealkylation sites (tertiary alicyclic amines) is 1. The van der Waals surface area contributed by atoms with Gasteiger partial charge < -0.3 is 9.67 Å². The van der Waals surface area contributed by atoms with Gasteiger partial charge in [0.1, 0.15) is 5.82 Å². The van der Waals surface area contributed by atoms with Crippen LogP contribution in [0.2, 0.25) is 0 Å². The number of imidazole rings is 1. The van der Waals surface area contributed by atoms with Crippen LogP contribution in [0.5, 0.6) is 0 Å². The second kappa shape index (κ2) is 6.62. The van der Waals surface area contributed by atoms with E-state index in [4.69, 9.17) is 0 Å².